The molecule has 0 amide bonds. The smallest absolute Gasteiger partial charge is 0.145 e. The normalized spacial score (nSPS) is 14.2. The molecule has 0 radical (unpaired) electrons. The van der Waals surface area contributed by atoms with E-state index in [-0.39, 0.29) is 5.41 Å². The molecular weight excluding hydrogens is 438 g/mol. The number of aromatic nitrogens is 1. The molecule has 5 aromatic rings. The minimum Gasteiger partial charge on any atom is -0.455 e. The zero-order valence-corrected chi connectivity index (χ0v) is 22.3. The number of furan rings is 1. The molecule has 1 aliphatic carbocycles. The number of rotatable bonds is 5. The minimum atomic E-state index is 0.0259. The molecule has 0 atom stereocenters. The van der Waals surface area contributed by atoms with Crippen molar-refractivity contribution < 1.29 is 4.42 Å². The third kappa shape index (κ3) is 3.42. The Balaban J connectivity index is 1.67. The fourth-order valence-corrected chi connectivity index (χ4v) is 6.73. The highest BCUT2D eigenvalue weighted by molar-refractivity contribution is 6.11. The quantitative estimate of drug-likeness (QED) is 0.254. The lowest BCUT2D eigenvalue weighted by atomic mass is 9.68. The van der Waals surface area contributed by atoms with Crippen LogP contribution in [0.4, 0.5) is 0 Å². The predicted molar refractivity (Wildman–Crippen MR) is 152 cm³/mol. The average molecular weight is 474 g/mol. The molecule has 6 rings (SSSR count). The van der Waals surface area contributed by atoms with Crippen molar-refractivity contribution in [2.24, 2.45) is 11.8 Å². The van der Waals surface area contributed by atoms with Gasteiger partial charge in [-0.3, -0.25) is 4.98 Å². The van der Waals surface area contributed by atoms with Crippen molar-refractivity contribution >= 4 is 21.9 Å². The number of hydrogen-bond donors (Lipinski definition) is 0. The number of fused-ring (bicyclic) bond motifs is 6. The predicted octanol–water partition coefficient (Wildman–Crippen LogP) is 9.62. The van der Waals surface area contributed by atoms with Crippen LogP contribution in [0.1, 0.15) is 62.8 Å². The molecule has 2 aromatic heterocycles. The molecule has 0 N–H and O–H groups in total. The van der Waals surface area contributed by atoms with Gasteiger partial charge >= 0.3 is 0 Å². The van der Waals surface area contributed by atoms with Gasteiger partial charge < -0.3 is 4.42 Å². The Labute approximate surface area is 214 Å². The largest absolute Gasteiger partial charge is 0.455 e. The first kappa shape index (κ1) is 23.0. The van der Waals surface area contributed by atoms with Gasteiger partial charge in [0.2, 0.25) is 0 Å². The maximum absolute atomic E-state index is 6.68. The summed E-state index contributed by atoms with van der Waals surface area (Å²) in [5.74, 6) is 1.20. The molecule has 2 heterocycles. The van der Waals surface area contributed by atoms with E-state index in [1.165, 1.54) is 38.6 Å². The summed E-state index contributed by atoms with van der Waals surface area (Å²) in [6.07, 6.45) is 4.23. The van der Waals surface area contributed by atoms with Crippen LogP contribution in [0.2, 0.25) is 0 Å². The van der Waals surface area contributed by atoms with E-state index in [1.807, 2.05) is 6.20 Å². The minimum absolute atomic E-state index is 0.0259. The number of pyridine rings is 1. The van der Waals surface area contributed by atoms with Gasteiger partial charge in [0.15, 0.2) is 0 Å². The van der Waals surface area contributed by atoms with Crippen LogP contribution in [-0.2, 0) is 5.41 Å². The number of hydrogen-bond acceptors (Lipinski definition) is 2. The second kappa shape index (κ2) is 8.34. The van der Waals surface area contributed by atoms with E-state index in [0.717, 1.165) is 40.8 Å². The van der Waals surface area contributed by atoms with Gasteiger partial charge in [0.05, 0.1) is 5.69 Å². The molecule has 0 bridgehead atoms. The third-order valence-electron chi connectivity index (χ3n) is 7.92. The molecule has 0 spiro atoms. The van der Waals surface area contributed by atoms with Crippen molar-refractivity contribution in [2.45, 2.75) is 59.8 Å². The summed E-state index contributed by atoms with van der Waals surface area (Å²) in [5.41, 5.74) is 12.0. The SMILES string of the molecule is Cc1ccc(-c2c(C)ccc3c2oc2cc4c(cc23)C(CC(C)C)(CC(C)C)c2ccccc2-4)nc1. The highest BCUT2D eigenvalue weighted by Crippen LogP contribution is 2.56. The molecule has 0 aliphatic heterocycles. The molecule has 2 nitrogen and oxygen atoms in total. The number of benzene rings is 3. The first-order valence-electron chi connectivity index (χ1n) is 13.3. The zero-order chi connectivity index (χ0) is 25.2. The van der Waals surface area contributed by atoms with Crippen LogP contribution in [0.15, 0.2) is 71.3 Å². The molecule has 2 heteroatoms. The molecular formula is C34H35NO. The monoisotopic (exact) mass is 473 g/mol. The van der Waals surface area contributed by atoms with Crippen molar-refractivity contribution in [2.75, 3.05) is 0 Å². The molecule has 0 saturated carbocycles. The maximum atomic E-state index is 6.68. The molecule has 3 aromatic carbocycles. The van der Waals surface area contributed by atoms with Crippen LogP contribution < -0.4 is 0 Å². The van der Waals surface area contributed by atoms with Gasteiger partial charge in [-0.05, 0) is 90.1 Å². The highest BCUT2D eigenvalue weighted by atomic mass is 16.3. The van der Waals surface area contributed by atoms with E-state index in [0.29, 0.717) is 11.8 Å². The fraction of sp³-hybridized carbons (Fsp3) is 0.324. The van der Waals surface area contributed by atoms with E-state index < -0.39 is 0 Å². The second-order valence-corrected chi connectivity index (χ2v) is 11.7. The Kier molecular flexibility index (Phi) is 5.33. The van der Waals surface area contributed by atoms with Crippen molar-refractivity contribution in [3.63, 3.8) is 0 Å². The van der Waals surface area contributed by atoms with Crippen LogP contribution >= 0.6 is 0 Å². The summed E-state index contributed by atoms with van der Waals surface area (Å²) >= 11 is 0. The van der Waals surface area contributed by atoms with Crippen LogP contribution in [0, 0.1) is 25.7 Å². The zero-order valence-electron chi connectivity index (χ0n) is 22.3. The average Bonchev–Trinajstić information content (AvgIpc) is 3.31. The van der Waals surface area contributed by atoms with E-state index in [1.54, 1.807) is 0 Å². The molecule has 1 aliphatic rings. The Morgan fingerprint density at radius 3 is 2.22 bits per heavy atom. The summed E-state index contributed by atoms with van der Waals surface area (Å²) in [5, 5.41) is 2.39. The summed E-state index contributed by atoms with van der Waals surface area (Å²) in [6.45, 7) is 13.7. The van der Waals surface area contributed by atoms with Gasteiger partial charge in [-0.1, -0.05) is 70.2 Å². The van der Waals surface area contributed by atoms with Crippen LogP contribution in [0.5, 0.6) is 0 Å². The number of aryl methyl sites for hydroxylation is 2. The van der Waals surface area contributed by atoms with E-state index >= 15 is 0 Å². The van der Waals surface area contributed by atoms with Gasteiger partial charge in [-0.25, -0.2) is 0 Å². The summed E-state index contributed by atoms with van der Waals surface area (Å²) < 4.78 is 6.68. The summed E-state index contributed by atoms with van der Waals surface area (Å²) in [7, 11) is 0. The van der Waals surface area contributed by atoms with Gasteiger partial charge in [0.25, 0.3) is 0 Å². The van der Waals surface area contributed by atoms with Gasteiger partial charge in [-0.15, -0.1) is 0 Å². The van der Waals surface area contributed by atoms with Gasteiger partial charge in [0.1, 0.15) is 11.2 Å². The molecule has 0 unspecified atom stereocenters. The topological polar surface area (TPSA) is 26.0 Å². The van der Waals surface area contributed by atoms with Crippen molar-refractivity contribution in [1.29, 1.82) is 0 Å². The summed E-state index contributed by atoms with van der Waals surface area (Å²) in [6, 6.07) is 22.5. The first-order chi connectivity index (χ1) is 17.3. The lowest BCUT2D eigenvalue weighted by molar-refractivity contribution is 0.337. The Morgan fingerprint density at radius 1 is 0.778 bits per heavy atom. The molecule has 0 saturated heterocycles. The summed E-state index contributed by atoms with van der Waals surface area (Å²) in [4.78, 5) is 4.75. The lowest BCUT2D eigenvalue weighted by Crippen LogP contribution is -2.29. The Bertz CT molecular complexity index is 1590. The van der Waals surface area contributed by atoms with E-state index in [2.05, 4.69) is 102 Å². The van der Waals surface area contributed by atoms with Crippen LogP contribution in [0.3, 0.4) is 0 Å². The van der Waals surface area contributed by atoms with Crippen molar-refractivity contribution in [3.05, 3.63) is 89.1 Å². The van der Waals surface area contributed by atoms with E-state index in [9.17, 15) is 0 Å². The lowest BCUT2D eigenvalue weighted by Gasteiger charge is -2.35. The van der Waals surface area contributed by atoms with Crippen molar-refractivity contribution in [3.8, 4) is 22.4 Å². The Morgan fingerprint density at radius 2 is 1.53 bits per heavy atom. The molecule has 36 heavy (non-hydrogen) atoms. The molecule has 0 fully saturated rings. The third-order valence-corrected chi connectivity index (χ3v) is 7.92. The van der Waals surface area contributed by atoms with Crippen LogP contribution in [0.25, 0.3) is 44.3 Å². The van der Waals surface area contributed by atoms with Crippen LogP contribution in [-0.4, -0.2) is 4.98 Å². The maximum Gasteiger partial charge on any atom is 0.145 e. The second-order valence-electron chi connectivity index (χ2n) is 11.7. The van der Waals surface area contributed by atoms with E-state index in [4.69, 9.17) is 9.40 Å². The fourth-order valence-electron chi connectivity index (χ4n) is 6.73. The Hall–Kier alpha value is -3.39. The first-order valence-corrected chi connectivity index (χ1v) is 13.3. The number of nitrogens with zero attached hydrogens (tertiary/aromatic N) is 1. The van der Waals surface area contributed by atoms with Crippen molar-refractivity contribution in [1.82, 2.24) is 4.98 Å². The van der Waals surface area contributed by atoms with Gasteiger partial charge in [-0.2, -0.15) is 0 Å². The standard InChI is InChI=1S/C34H35NO/c1-20(2)17-34(18-21(3)4)28-10-8-7-9-24(28)26-16-31-27(15-29(26)34)25-13-12-23(6)32(33(25)36-31)30-14-11-22(5)19-35-30/h7-16,19-21H,17-18H2,1-6H3. The van der Waals surface area contributed by atoms with Gasteiger partial charge in [0, 0.05) is 27.9 Å². The highest BCUT2D eigenvalue weighted by Gasteiger charge is 2.44. The molecule has 182 valence electrons.